The molecule has 0 saturated heterocycles. The molecule has 2 nitrogen and oxygen atoms in total. The van der Waals surface area contributed by atoms with E-state index in [4.69, 9.17) is 0 Å². The Bertz CT molecular complexity index is 467. The van der Waals surface area contributed by atoms with Crippen molar-refractivity contribution in [1.29, 1.82) is 0 Å². The van der Waals surface area contributed by atoms with Crippen LogP contribution in [0.2, 0.25) is 0 Å². The molecular weight excluding hydrogens is 246 g/mol. The van der Waals surface area contributed by atoms with E-state index in [0.717, 1.165) is 35.8 Å². The first-order valence-corrected chi connectivity index (χ1v) is 8.13. The minimum absolute atomic E-state index is 0.216. The Morgan fingerprint density at radius 1 is 0.950 bits per heavy atom. The second-order valence-corrected chi connectivity index (χ2v) is 7.21. The lowest BCUT2D eigenvalue weighted by Crippen LogP contribution is -2.46. The molecule has 0 aromatic heterocycles. The highest BCUT2D eigenvalue weighted by Gasteiger charge is 2.48. The molecule has 0 spiro atoms. The van der Waals surface area contributed by atoms with Gasteiger partial charge >= 0.3 is 0 Å². The van der Waals surface area contributed by atoms with E-state index in [-0.39, 0.29) is 5.91 Å². The number of anilines is 1. The Hall–Kier alpha value is -1.31. The summed E-state index contributed by atoms with van der Waals surface area (Å²) in [6.07, 6.45) is 7.82. The van der Waals surface area contributed by atoms with Gasteiger partial charge in [0, 0.05) is 12.1 Å². The fourth-order valence-electron chi connectivity index (χ4n) is 5.32. The topological polar surface area (TPSA) is 29.1 Å². The summed E-state index contributed by atoms with van der Waals surface area (Å²) in [7, 11) is 0. The summed E-state index contributed by atoms with van der Waals surface area (Å²) in [5.74, 6) is 4.54. The van der Waals surface area contributed by atoms with Crippen LogP contribution < -0.4 is 5.32 Å². The smallest absolute Gasteiger partial charge is 0.224 e. The molecule has 5 rings (SSSR count). The normalized spacial score (nSPS) is 37.9. The van der Waals surface area contributed by atoms with Gasteiger partial charge in [0.1, 0.15) is 0 Å². The van der Waals surface area contributed by atoms with E-state index in [0.29, 0.717) is 5.92 Å². The van der Waals surface area contributed by atoms with Crippen LogP contribution in [0.5, 0.6) is 0 Å². The first-order valence-electron chi connectivity index (χ1n) is 8.13. The predicted molar refractivity (Wildman–Crippen MR) is 80.2 cm³/mol. The quantitative estimate of drug-likeness (QED) is 0.880. The van der Waals surface area contributed by atoms with Crippen molar-refractivity contribution in [3.63, 3.8) is 0 Å². The zero-order valence-corrected chi connectivity index (χ0v) is 11.9. The van der Waals surface area contributed by atoms with Crippen molar-refractivity contribution in [1.82, 2.24) is 0 Å². The van der Waals surface area contributed by atoms with Crippen LogP contribution in [0.15, 0.2) is 30.3 Å². The largest absolute Gasteiger partial charge is 0.326 e. The van der Waals surface area contributed by atoms with E-state index in [1.165, 1.54) is 32.1 Å². The average molecular weight is 269 g/mol. The van der Waals surface area contributed by atoms with E-state index in [1.54, 1.807) is 0 Å². The molecule has 4 fully saturated rings. The number of amides is 1. The highest BCUT2D eigenvalue weighted by molar-refractivity contribution is 5.90. The van der Waals surface area contributed by atoms with Crippen LogP contribution in [0.4, 0.5) is 5.69 Å². The van der Waals surface area contributed by atoms with Crippen LogP contribution in [0, 0.1) is 29.6 Å². The van der Waals surface area contributed by atoms with Crippen molar-refractivity contribution >= 4 is 11.6 Å². The Balaban J connectivity index is 1.40. The third-order valence-corrected chi connectivity index (χ3v) is 5.90. The zero-order chi connectivity index (χ0) is 13.5. The van der Waals surface area contributed by atoms with E-state index in [1.807, 2.05) is 30.3 Å². The van der Waals surface area contributed by atoms with Crippen molar-refractivity contribution in [3.05, 3.63) is 30.3 Å². The van der Waals surface area contributed by atoms with Gasteiger partial charge in [0.05, 0.1) is 0 Å². The minimum atomic E-state index is 0.216. The molecule has 0 unspecified atom stereocenters. The molecule has 4 aliphatic carbocycles. The molecule has 4 aliphatic rings. The van der Waals surface area contributed by atoms with E-state index in [9.17, 15) is 4.79 Å². The van der Waals surface area contributed by atoms with Crippen molar-refractivity contribution in [2.24, 2.45) is 29.6 Å². The monoisotopic (exact) mass is 269 g/mol. The maximum atomic E-state index is 12.3. The van der Waals surface area contributed by atoms with Crippen LogP contribution in [-0.4, -0.2) is 5.91 Å². The van der Waals surface area contributed by atoms with Gasteiger partial charge in [-0.1, -0.05) is 18.2 Å². The Kier molecular flexibility index (Phi) is 3.05. The van der Waals surface area contributed by atoms with Gasteiger partial charge in [-0.15, -0.1) is 0 Å². The molecule has 1 aromatic carbocycles. The summed E-state index contributed by atoms with van der Waals surface area (Å²) in [5.41, 5.74) is 0.932. The van der Waals surface area contributed by atoms with Crippen LogP contribution in [-0.2, 0) is 4.79 Å². The number of para-hydroxylation sites is 1. The maximum Gasteiger partial charge on any atom is 0.224 e. The molecule has 1 amide bonds. The third-order valence-electron chi connectivity index (χ3n) is 5.90. The van der Waals surface area contributed by atoms with Crippen molar-refractivity contribution in [3.8, 4) is 0 Å². The molecule has 1 N–H and O–H groups in total. The fraction of sp³-hybridized carbons (Fsp3) is 0.611. The summed E-state index contributed by atoms with van der Waals surface area (Å²) in [4.78, 5) is 12.3. The van der Waals surface area contributed by atoms with Gasteiger partial charge in [-0.2, -0.15) is 0 Å². The van der Waals surface area contributed by atoms with Crippen molar-refractivity contribution in [2.45, 2.75) is 38.5 Å². The Morgan fingerprint density at radius 3 is 2.15 bits per heavy atom. The van der Waals surface area contributed by atoms with E-state index < -0.39 is 0 Å². The van der Waals surface area contributed by atoms with Gasteiger partial charge < -0.3 is 5.32 Å². The molecular formula is C18H23NO. The third kappa shape index (κ3) is 2.25. The molecule has 106 valence electrons. The summed E-state index contributed by atoms with van der Waals surface area (Å²) >= 11 is 0. The van der Waals surface area contributed by atoms with Crippen LogP contribution in [0.3, 0.4) is 0 Å². The summed E-state index contributed by atoms with van der Waals surface area (Å²) in [5, 5.41) is 3.06. The molecule has 0 atom stereocenters. The number of carbonyl (C=O) groups is 1. The lowest BCUT2D eigenvalue weighted by Gasteiger charge is -2.54. The SMILES string of the molecule is O=C(CC1C2CC3CC(C2)CC1C3)Nc1ccccc1. The molecule has 4 saturated carbocycles. The molecule has 1 aromatic rings. The maximum absolute atomic E-state index is 12.3. The molecule has 2 heteroatoms. The minimum Gasteiger partial charge on any atom is -0.326 e. The van der Waals surface area contributed by atoms with Crippen molar-refractivity contribution in [2.75, 3.05) is 5.32 Å². The molecule has 0 heterocycles. The lowest BCUT2D eigenvalue weighted by molar-refractivity contribution is -0.121. The second kappa shape index (κ2) is 4.91. The second-order valence-electron chi connectivity index (χ2n) is 7.21. The van der Waals surface area contributed by atoms with Crippen LogP contribution in [0.1, 0.15) is 38.5 Å². The molecule has 0 aliphatic heterocycles. The highest BCUT2D eigenvalue weighted by atomic mass is 16.1. The molecule has 4 bridgehead atoms. The predicted octanol–water partition coefficient (Wildman–Crippen LogP) is 4.09. The van der Waals surface area contributed by atoms with Gasteiger partial charge in [-0.05, 0) is 73.8 Å². The number of benzene rings is 1. The molecule has 20 heavy (non-hydrogen) atoms. The number of hydrogen-bond acceptors (Lipinski definition) is 1. The van der Waals surface area contributed by atoms with E-state index >= 15 is 0 Å². The number of rotatable bonds is 3. The summed E-state index contributed by atoms with van der Waals surface area (Å²) in [6, 6.07) is 9.86. The summed E-state index contributed by atoms with van der Waals surface area (Å²) < 4.78 is 0. The highest BCUT2D eigenvalue weighted by Crippen LogP contribution is 2.57. The number of carbonyl (C=O) groups excluding carboxylic acids is 1. The Morgan fingerprint density at radius 2 is 1.55 bits per heavy atom. The van der Waals surface area contributed by atoms with E-state index in [2.05, 4.69) is 5.32 Å². The van der Waals surface area contributed by atoms with Gasteiger partial charge in [0.2, 0.25) is 5.91 Å². The fourth-order valence-corrected chi connectivity index (χ4v) is 5.32. The summed E-state index contributed by atoms with van der Waals surface area (Å²) in [6.45, 7) is 0. The van der Waals surface area contributed by atoms with Crippen molar-refractivity contribution < 1.29 is 4.79 Å². The zero-order valence-electron chi connectivity index (χ0n) is 11.9. The van der Waals surface area contributed by atoms with Crippen LogP contribution in [0.25, 0.3) is 0 Å². The lowest BCUT2D eigenvalue weighted by atomic mass is 9.51. The standard InChI is InChI=1S/C18H23NO/c20-18(19-16-4-2-1-3-5-16)11-17-14-7-12-6-13(9-14)10-15(17)8-12/h1-5,12-15,17H,6-11H2,(H,19,20). The average Bonchev–Trinajstić information content (AvgIpc) is 2.43. The van der Waals surface area contributed by atoms with Gasteiger partial charge in [0.15, 0.2) is 0 Å². The number of nitrogens with one attached hydrogen (secondary N) is 1. The first-order chi connectivity index (χ1) is 9.78. The Labute approximate surface area is 121 Å². The van der Waals surface area contributed by atoms with Gasteiger partial charge in [-0.3, -0.25) is 4.79 Å². The number of hydrogen-bond donors (Lipinski definition) is 1. The first kappa shape index (κ1) is 12.4. The van der Waals surface area contributed by atoms with Gasteiger partial charge in [0.25, 0.3) is 0 Å². The van der Waals surface area contributed by atoms with Crippen LogP contribution >= 0.6 is 0 Å². The molecule has 0 radical (unpaired) electrons. The van der Waals surface area contributed by atoms with Gasteiger partial charge in [-0.25, -0.2) is 0 Å².